The Labute approximate surface area is 73.5 Å². The molecule has 0 heterocycles. The van der Waals surface area contributed by atoms with Gasteiger partial charge in [-0.15, -0.1) is 0 Å². The Morgan fingerprint density at radius 1 is 1.50 bits per heavy atom. The van der Waals surface area contributed by atoms with Crippen molar-refractivity contribution < 1.29 is 4.39 Å². The SMILES string of the molecule is CC[C@@H](C)C1=CC=C(F)CC=C1. The van der Waals surface area contributed by atoms with Gasteiger partial charge in [0.15, 0.2) is 0 Å². The molecule has 0 nitrogen and oxygen atoms in total. The van der Waals surface area contributed by atoms with Crippen molar-refractivity contribution in [1.29, 1.82) is 0 Å². The Morgan fingerprint density at radius 2 is 2.25 bits per heavy atom. The van der Waals surface area contributed by atoms with Crippen molar-refractivity contribution in [2.75, 3.05) is 0 Å². The van der Waals surface area contributed by atoms with E-state index in [4.69, 9.17) is 0 Å². The van der Waals surface area contributed by atoms with Gasteiger partial charge in [0.1, 0.15) is 5.83 Å². The molecule has 0 radical (unpaired) electrons. The smallest absolute Gasteiger partial charge is 0.104 e. The van der Waals surface area contributed by atoms with Gasteiger partial charge in [-0.25, -0.2) is 4.39 Å². The molecule has 66 valence electrons. The molecule has 0 N–H and O–H groups in total. The molecule has 0 bridgehead atoms. The molecule has 0 spiro atoms. The van der Waals surface area contributed by atoms with Crippen LogP contribution in [0.3, 0.4) is 0 Å². The van der Waals surface area contributed by atoms with Crippen LogP contribution in [-0.2, 0) is 0 Å². The number of halogens is 1. The van der Waals surface area contributed by atoms with E-state index in [1.165, 1.54) is 5.57 Å². The Balaban J connectivity index is 2.77. The molecule has 0 saturated heterocycles. The van der Waals surface area contributed by atoms with E-state index < -0.39 is 0 Å². The first-order chi connectivity index (χ1) is 5.74. The topological polar surface area (TPSA) is 0 Å². The largest absolute Gasteiger partial charge is 0.211 e. The Bertz CT molecular complexity index is 233. The maximum Gasteiger partial charge on any atom is 0.104 e. The van der Waals surface area contributed by atoms with Crippen molar-refractivity contribution in [2.45, 2.75) is 26.7 Å². The summed E-state index contributed by atoms with van der Waals surface area (Å²) in [5.41, 5.74) is 1.23. The first-order valence-corrected chi connectivity index (χ1v) is 4.46. The molecule has 12 heavy (non-hydrogen) atoms. The summed E-state index contributed by atoms with van der Waals surface area (Å²) in [6, 6.07) is 0. The quantitative estimate of drug-likeness (QED) is 0.585. The lowest BCUT2D eigenvalue weighted by molar-refractivity contribution is 0.618. The Morgan fingerprint density at radius 3 is 2.92 bits per heavy atom. The van der Waals surface area contributed by atoms with E-state index in [1.807, 2.05) is 18.2 Å². The fourth-order valence-corrected chi connectivity index (χ4v) is 1.18. The molecule has 0 unspecified atom stereocenters. The standard InChI is InChI=1S/C11H15F/c1-3-9(2)10-5-4-6-11(12)8-7-10/h4-5,7-9H,3,6H2,1-2H3/t9-/m1/s1. The fourth-order valence-electron chi connectivity index (χ4n) is 1.18. The summed E-state index contributed by atoms with van der Waals surface area (Å²) in [5.74, 6) is 0.480. The average Bonchev–Trinajstić information content (AvgIpc) is 2.29. The van der Waals surface area contributed by atoms with Gasteiger partial charge in [-0.3, -0.25) is 0 Å². The summed E-state index contributed by atoms with van der Waals surface area (Å²) in [4.78, 5) is 0. The van der Waals surface area contributed by atoms with Gasteiger partial charge in [-0.1, -0.05) is 32.1 Å². The molecule has 0 saturated carbocycles. The number of hydrogen-bond donors (Lipinski definition) is 0. The van der Waals surface area contributed by atoms with E-state index in [9.17, 15) is 4.39 Å². The molecular weight excluding hydrogens is 151 g/mol. The van der Waals surface area contributed by atoms with Gasteiger partial charge >= 0.3 is 0 Å². The van der Waals surface area contributed by atoms with Gasteiger partial charge in [0.25, 0.3) is 0 Å². The molecule has 1 heteroatoms. The van der Waals surface area contributed by atoms with Crippen LogP contribution in [0.2, 0.25) is 0 Å². The van der Waals surface area contributed by atoms with Crippen LogP contribution < -0.4 is 0 Å². The van der Waals surface area contributed by atoms with E-state index in [1.54, 1.807) is 6.08 Å². The summed E-state index contributed by atoms with van der Waals surface area (Å²) in [7, 11) is 0. The van der Waals surface area contributed by atoms with Crippen molar-refractivity contribution in [2.24, 2.45) is 5.92 Å². The zero-order chi connectivity index (χ0) is 8.97. The monoisotopic (exact) mass is 166 g/mol. The fraction of sp³-hybridized carbons (Fsp3) is 0.455. The normalized spacial score (nSPS) is 19.6. The van der Waals surface area contributed by atoms with Crippen LogP contribution in [0.1, 0.15) is 26.7 Å². The van der Waals surface area contributed by atoms with Crippen LogP contribution in [0.5, 0.6) is 0 Å². The summed E-state index contributed by atoms with van der Waals surface area (Å²) in [6.45, 7) is 4.30. The van der Waals surface area contributed by atoms with Crippen LogP contribution >= 0.6 is 0 Å². The Kier molecular flexibility index (Phi) is 3.27. The molecular formula is C11H15F. The third-order valence-electron chi connectivity index (χ3n) is 2.26. The van der Waals surface area contributed by atoms with E-state index in [-0.39, 0.29) is 5.83 Å². The molecule has 0 aromatic carbocycles. The van der Waals surface area contributed by atoms with E-state index >= 15 is 0 Å². The maximum absolute atomic E-state index is 12.7. The molecule has 0 amide bonds. The second kappa shape index (κ2) is 4.24. The molecule has 1 atom stereocenters. The van der Waals surface area contributed by atoms with Gasteiger partial charge in [0, 0.05) is 6.42 Å². The lowest BCUT2D eigenvalue weighted by Gasteiger charge is -2.07. The van der Waals surface area contributed by atoms with Gasteiger partial charge in [0.05, 0.1) is 0 Å². The van der Waals surface area contributed by atoms with E-state index in [2.05, 4.69) is 13.8 Å². The van der Waals surface area contributed by atoms with E-state index in [0.29, 0.717) is 12.3 Å². The summed E-state index contributed by atoms with van der Waals surface area (Å²) in [5, 5.41) is 0. The van der Waals surface area contributed by atoms with Crippen molar-refractivity contribution in [3.8, 4) is 0 Å². The predicted molar refractivity (Wildman–Crippen MR) is 50.5 cm³/mol. The maximum atomic E-state index is 12.7. The second-order valence-corrected chi connectivity index (χ2v) is 3.20. The predicted octanol–water partition coefficient (Wildman–Crippen LogP) is 3.77. The molecule has 0 fully saturated rings. The van der Waals surface area contributed by atoms with Crippen LogP contribution in [0.15, 0.2) is 35.7 Å². The van der Waals surface area contributed by atoms with Gasteiger partial charge in [-0.05, 0) is 24.0 Å². The van der Waals surface area contributed by atoms with Crippen LogP contribution in [0.25, 0.3) is 0 Å². The molecule has 1 rings (SSSR count). The highest BCUT2D eigenvalue weighted by atomic mass is 19.1. The minimum atomic E-state index is -0.0513. The molecule has 0 aliphatic heterocycles. The number of allylic oxidation sites excluding steroid dienone is 6. The van der Waals surface area contributed by atoms with Crippen LogP contribution in [-0.4, -0.2) is 0 Å². The minimum absolute atomic E-state index is 0.0513. The summed E-state index contributed by atoms with van der Waals surface area (Å²) >= 11 is 0. The average molecular weight is 166 g/mol. The lowest BCUT2D eigenvalue weighted by atomic mass is 9.98. The zero-order valence-corrected chi connectivity index (χ0v) is 7.68. The highest BCUT2D eigenvalue weighted by Crippen LogP contribution is 2.20. The second-order valence-electron chi connectivity index (χ2n) is 3.20. The van der Waals surface area contributed by atoms with E-state index in [0.717, 1.165) is 6.42 Å². The number of rotatable bonds is 2. The van der Waals surface area contributed by atoms with Crippen molar-refractivity contribution in [3.63, 3.8) is 0 Å². The third-order valence-corrected chi connectivity index (χ3v) is 2.26. The highest BCUT2D eigenvalue weighted by molar-refractivity contribution is 5.30. The summed E-state index contributed by atoms with van der Waals surface area (Å²) in [6.07, 6.45) is 8.91. The third kappa shape index (κ3) is 2.33. The molecule has 1 aliphatic rings. The van der Waals surface area contributed by atoms with Crippen LogP contribution in [0.4, 0.5) is 4.39 Å². The first kappa shape index (κ1) is 9.24. The molecule has 0 aromatic heterocycles. The van der Waals surface area contributed by atoms with Crippen molar-refractivity contribution in [3.05, 3.63) is 35.7 Å². The van der Waals surface area contributed by atoms with Crippen LogP contribution in [0, 0.1) is 5.92 Å². The highest BCUT2D eigenvalue weighted by Gasteiger charge is 2.04. The summed E-state index contributed by atoms with van der Waals surface area (Å²) < 4.78 is 12.7. The molecule has 1 aliphatic carbocycles. The lowest BCUT2D eigenvalue weighted by Crippen LogP contribution is -1.93. The van der Waals surface area contributed by atoms with Crippen molar-refractivity contribution >= 4 is 0 Å². The molecule has 0 aromatic rings. The minimum Gasteiger partial charge on any atom is -0.211 e. The van der Waals surface area contributed by atoms with Gasteiger partial charge in [-0.2, -0.15) is 0 Å². The number of hydrogen-bond acceptors (Lipinski definition) is 0. The van der Waals surface area contributed by atoms with Gasteiger partial charge in [0.2, 0.25) is 0 Å². The zero-order valence-electron chi connectivity index (χ0n) is 7.68. The van der Waals surface area contributed by atoms with Gasteiger partial charge < -0.3 is 0 Å². The van der Waals surface area contributed by atoms with Crippen molar-refractivity contribution in [1.82, 2.24) is 0 Å². The Hall–Kier alpha value is -0.850. The first-order valence-electron chi connectivity index (χ1n) is 4.46.